The van der Waals surface area contributed by atoms with Gasteiger partial charge in [-0.2, -0.15) is 9.49 Å². The number of nitro benzene ring substituents is 1. The Balaban J connectivity index is 2.62. The van der Waals surface area contributed by atoms with Gasteiger partial charge in [0.1, 0.15) is 11.6 Å². The number of nitrogens with one attached hydrogen (secondary N) is 1. The summed E-state index contributed by atoms with van der Waals surface area (Å²) in [6.07, 6.45) is 0. The van der Waals surface area contributed by atoms with Crippen LogP contribution in [0.5, 0.6) is 0 Å². The molecule has 1 heterocycles. The van der Waals surface area contributed by atoms with Crippen molar-refractivity contribution in [3.8, 4) is 11.4 Å². The average Bonchev–Trinajstić information content (AvgIpc) is 2.77. The highest BCUT2D eigenvalue weighted by molar-refractivity contribution is 5.61. The zero-order valence-corrected chi connectivity index (χ0v) is 8.85. The van der Waals surface area contributed by atoms with Gasteiger partial charge in [-0.15, -0.1) is 0 Å². The molecule has 1 aromatic carbocycles. The van der Waals surface area contributed by atoms with E-state index in [2.05, 4.69) is 15.2 Å². The van der Waals surface area contributed by atoms with E-state index in [4.69, 9.17) is 5.73 Å². The molecule has 0 fully saturated rings. The number of rotatable bonds is 3. The van der Waals surface area contributed by atoms with Gasteiger partial charge in [0.2, 0.25) is 5.82 Å². The highest BCUT2D eigenvalue weighted by Gasteiger charge is 2.24. The summed E-state index contributed by atoms with van der Waals surface area (Å²) in [5.74, 6) is -2.40. The summed E-state index contributed by atoms with van der Waals surface area (Å²) < 4.78 is 27.3. The van der Waals surface area contributed by atoms with Gasteiger partial charge in [0.05, 0.1) is 17.0 Å². The zero-order valence-electron chi connectivity index (χ0n) is 8.85. The number of nitrogens with two attached hydrogens (primary N) is 1. The highest BCUT2D eigenvalue weighted by Crippen LogP contribution is 2.29. The minimum Gasteiger partial charge on any atom is -0.324 e. The predicted octanol–water partition coefficient (Wildman–Crippen LogP) is 1.12. The van der Waals surface area contributed by atoms with Gasteiger partial charge in [-0.1, -0.05) is 0 Å². The van der Waals surface area contributed by atoms with Crippen molar-refractivity contribution in [2.45, 2.75) is 6.54 Å². The molecule has 0 bridgehead atoms. The quantitative estimate of drug-likeness (QED) is 0.630. The Hall–Kier alpha value is -2.42. The van der Waals surface area contributed by atoms with Gasteiger partial charge in [-0.05, 0) is 6.07 Å². The van der Waals surface area contributed by atoms with Crippen LogP contribution in [0.15, 0.2) is 12.1 Å². The molecular formula is C9H7F2N5O2. The van der Waals surface area contributed by atoms with Gasteiger partial charge < -0.3 is 5.73 Å². The Morgan fingerprint density at radius 2 is 2.17 bits per heavy atom. The summed E-state index contributed by atoms with van der Waals surface area (Å²) in [6.45, 7) is 0.00512. The number of benzene rings is 1. The van der Waals surface area contributed by atoms with E-state index in [0.717, 1.165) is 12.1 Å². The molecule has 3 N–H and O–H groups in total. The van der Waals surface area contributed by atoms with Crippen molar-refractivity contribution in [2.24, 2.45) is 5.73 Å². The molecular weight excluding hydrogens is 248 g/mol. The summed E-state index contributed by atoms with van der Waals surface area (Å²) in [5.41, 5.74) is 3.77. The van der Waals surface area contributed by atoms with Crippen LogP contribution in [-0.4, -0.2) is 20.1 Å². The van der Waals surface area contributed by atoms with Crippen molar-refractivity contribution < 1.29 is 13.7 Å². The zero-order chi connectivity index (χ0) is 13.3. The summed E-state index contributed by atoms with van der Waals surface area (Å²) in [6, 6.07) is 1.53. The molecule has 7 nitrogen and oxygen atoms in total. The van der Waals surface area contributed by atoms with E-state index < -0.39 is 27.8 Å². The molecule has 0 atom stereocenters. The monoisotopic (exact) mass is 255 g/mol. The minimum atomic E-state index is -1.32. The summed E-state index contributed by atoms with van der Waals surface area (Å²) >= 11 is 0. The summed E-state index contributed by atoms with van der Waals surface area (Å²) in [4.78, 5) is 13.3. The first-order valence-electron chi connectivity index (χ1n) is 4.78. The third-order valence-corrected chi connectivity index (χ3v) is 2.22. The Morgan fingerprint density at radius 3 is 2.72 bits per heavy atom. The molecule has 9 heteroatoms. The minimum absolute atomic E-state index is 0.00512. The fourth-order valence-electron chi connectivity index (χ4n) is 1.39. The third-order valence-electron chi connectivity index (χ3n) is 2.22. The van der Waals surface area contributed by atoms with Crippen molar-refractivity contribution in [1.29, 1.82) is 0 Å². The number of aromatic amines is 1. The number of hydrogen-bond acceptors (Lipinski definition) is 5. The van der Waals surface area contributed by atoms with Crippen LogP contribution in [0.2, 0.25) is 0 Å². The van der Waals surface area contributed by atoms with Crippen molar-refractivity contribution >= 4 is 5.69 Å². The smallest absolute Gasteiger partial charge is 0.305 e. The van der Waals surface area contributed by atoms with E-state index in [-0.39, 0.29) is 18.2 Å². The van der Waals surface area contributed by atoms with Crippen LogP contribution < -0.4 is 5.73 Å². The van der Waals surface area contributed by atoms with E-state index in [1.54, 1.807) is 0 Å². The standard InChI is InChI=1S/C9H7F2N5O2/c10-4-1-2-5(16(17)18)8(11)7(4)9-13-6(3-12)14-15-9/h1-2H,3,12H2,(H,13,14,15). The van der Waals surface area contributed by atoms with Crippen molar-refractivity contribution in [2.75, 3.05) is 0 Å². The molecule has 2 rings (SSSR count). The Bertz CT molecular complexity index is 613. The fourth-order valence-corrected chi connectivity index (χ4v) is 1.39. The number of H-pyrrole nitrogens is 1. The van der Waals surface area contributed by atoms with Crippen LogP contribution in [0.3, 0.4) is 0 Å². The van der Waals surface area contributed by atoms with Gasteiger partial charge >= 0.3 is 5.69 Å². The summed E-state index contributed by atoms with van der Waals surface area (Å²) in [7, 11) is 0. The number of halogens is 2. The normalized spacial score (nSPS) is 10.6. The molecule has 94 valence electrons. The van der Waals surface area contributed by atoms with Gasteiger partial charge in [0.15, 0.2) is 5.82 Å². The fraction of sp³-hybridized carbons (Fsp3) is 0.111. The van der Waals surface area contributed by atoms with Crippen LogP contribution in [0.1, 0.15) is 5.82 Å². The second-order valence-corrected chi connectivity index (χ2v) is 3.32. The van der Waals surface area contributed by atoms with Gasteiger partial charge in [0, 0.05) is 6.07 Å². The maximum absolute atomic E-state index is 13.8. The van der Waals surface area contributed by atoms with Crippen LogP contribution >= 0.6 is 0 Å². The molecule has 2 aromatic rings. The lowest BCUT2D eigenvalue weighted by Crippen LogP contribution is -2.00. The molecule has 0 saturated carbocycles. The second-order valence-electron chi connectivity index (χ2n) is 3.32. The van der Waals surface area contributed by atoms with Gasteiger partial charge in [-0.25, -0.2) is 9.37 Å². The Kier molecular flexibility index (Phi) is 2.98. The third kappa shape index (κ3) is 1.91. The molecule has 18 heavy (non-hydrogen) atoms. The first-order valence-corrected chi connectivity index (χ1v) is 4.78. The largest absolute Gasteiger partial charge is 0.324 e. The first kappa shape index (κ1) is 12.0. The van der Waals surface area contributed by atoms with Crippen LogP contribution in [0.4, 0.5) is 14.5 Å². The number of hydrogen-bond donors (Lipinski definition) is 2. The average molecular weight is 255 g/mol. The molecule has 1 aromatic heterocycles. The molecule has 0 unspecified atom stereocenters. The molecule has 0 aliphatic heterocycles. The van der Waals surface area contributed by atoms with Crippen molar-refractivity contribution in [1.82, 2.24) is 15.2 Å². The van der Waals surface area contributed by atoms with E-state index in [9.17, 15) is 18.9 Å². The van der Waals surface area contributed by atoms with Crippen LogP contribution in [0.25, 0.3) is 11.4 Å². The lowest BCUT2D eigenvalue weighted by molar-refractivity contribution is -0.387. The lowest BCUT2D eigenvalue weighted by Gasteiger charge is -2.00. The van der Waals surface area contributed by atoms with Crippen LogP contribution in [0, 0.1) is 21.7 Å². The highest BCUT2D eigenvalue weighted by atomic mass is 19.1. The van der Waals surface area contributed by atoms with E-state index >= 15 is 0 Å². The lowest BCUT2D eigenvalue weighted by atomic mass is 10.1. The summed E-state index contributed by atoms with van der Waals surface area (Å²) in [5, 5.41) is 16.5. The van der Waals surface area contributed by atoms with Gasteiger partial charge in [-0.3, -0.25) is 15.2 Å². The first-order chi connectivity index (χ1) is 8.54. The molecule has 0 radical (unpaired) electrons. The number of nitro groups is 1. The topological polar surface area (TPSA) is 111 Å². The van der Waals surface area contributed by atoms with Crippen molar-refractivity contribution in [3.05, 3.63) is 39.7 Å². The van der Waals surface area contributed by atoms with E-state index in [0.29, 0.717) is 0 Å². The molecule has 0 amide bonds. The van der Waals surface area contributed by atoms with E-state index in [1.165, 1.54) is 0 Å². The maximum atomic E-state index is 13.8. The Morgan fingerprint density at radius 1 is 1.44 bits per heavy atom. The van der Waals surface area contributed by atoms with Crippen LogP contribution in [-0.2, 0) is 6.54 Å². The molecule has 0 saturated heterocycles. The molecule has 0 spiro atoms. The predicted molar refractivity (Wildman–Crippen MR) is 56.3 cm³/mol. The number of nitrogens with zero attached hydrogens (tertiary/aromatic N) is 3. The maximum Gasteiger partial charge on any atom is 0.305 e. The molecule has 0 aliphatic rings. The Labute approximate surface area is 98.8 Å². The molecule has 0 aliphatic carbocycles. The number of aromatic nitrogens is 3. The van der Waals surface area contributed by atoms with E-state index in [1.807, 2.05) is 0 Å². The SMILES string of the molecule is NCc1nc(-c2c(F)ccc([N+](=O)[O-])c2F)n[nH]1. The van der Waals surface area contributed by atoms with Gasteiger partial charge in [0.25, 0.3) is 0 Å². The second kappa shape index (κ2) is 4.45. The van der Waals surface area contributed by atoms with Crippen molar-refractivity contribution in [3.63, 3.8) is 0 Å².